The topological polar surface area (TPSA) is 88.8 Å². The van der Waals surface area contributed by atoms with Crippen LogP contribution in [0.1, 0.15) is 39.9 Å². The van der Waals surface area contributed by atoms with Gasteiger partial charge >= 0.3 is 0 Å². The van der Waals surface area contributed by atoms with Gasteiger partial charge in [-0.3, -0.25) is 29.5 Å². The van der Waals surface area contributed by atoms with Crippen molar-refractivity contribution in [1.29, 1.82) is 0 Å². The zero-order valence-corrected chi connectivity index (χ0v) is 20.8. The molecule has 1 atom stereocenters. The lowest BCUT2D eigenvalue weighted by Gasteiger charge is -2.34. The van der Waals surface area contributed by atoms with E-state index < -0.39 is 6.04 Å². The van der Waals surface area contributed by atoms with Gasteiger partial charge in [-0.15, -0.1) is 0 Å². The van der Waals surface area contributed by atoms with Crippen molar-refractivity contribution in [3.63, 3.8) is 0 Å². The van der Waals surface area contributed by atoms with Gasteiger partial charge in [0.2, 0.25) is 11.8 Å². The van der Waals surface area contributed by atoms with Gasteiger partial charge in [0.05, 0.1) is 0 Å². The molecule has 8 nitrogen and oxygen atoms in total. The third-order valence-corrected chi connectivity index (χ3v) is 7.73. The average molecular weight is 498 g/mol. The van der Waals surface area contributed by atoms with E-state index in [1.54, 1.807) is 4.90 Å². The van der Waals surface area contributed by atoms with Gasteiger partial charge in [-0.2, -0.15) is 0 Å². The number of benzene rings is 2. The Hall–Kier alpha value is -3.75. The highest BCUT2D eigenvalue weighted by Crippen LogP contribution is 2.28. The standard InChI is InChI=1S/C29H31N5O3/c35-27-10-9-26(28(36)31-27)34-19-23-16-21(5-8-24(23)29(34)37)18-33-14-12-32(13-15-33)17-20-3-6-22(7-4-20)25-2-1-11-30-25/h1-8,11,16,26,30H,9-10,12-15,17-19H2,(H,31,35,36). The predicted octanol–water partition coefficient (Wildman–Crippen LogP) is 2.76. The first kappa shape index (κ1) is 23.6. The molecule has 3 aliphatic heterocycles. The van der Waals surface area contributed by atoms with Gasteiger partial charge in [-0.25, -0.2) is 0 Å². The molecule has 0 bridgehead atoms. The summed E-state index contributed by atoms with van der Waals surface area (Å²) in [5, 5.41) is 2.36. The molecule has 3 aromatic rings. The molecule has 1 aromatic heterocycles. The molecule has 0 radical (unpaired) electrons. The van der Waals surface area contributed by atoms with E-state index in [1.807, 2.05) is 24.4 Å². The van der Waals surface area contributed by atoms with Crippen LogP contribution in [-0.4, -0.2) is 69.6 Å². The van der Waals surface area contributed by atoms with Crippen LogP contribution >= 0.6 is 0 Å². The molecule has 2 N–H and O–H groups in total. The van der Waals surface area contributed by atoms with Gasteiger partial charge in [-0.1, -0.05) is 36.4 Å². The first-order valence-electron chi connectivity index (χ1n) is 13.0. The lowest BCUT2D eigenvalue weighted by Crippen LogP contribution is -2.52. The van der Waals surface area contributed by atoms with Crippen LogP contribution in [0.25, 0.3) is 11.3 Å². The number of carbonyl (C=O) groups is 3. The number of fused-ring (bicyclic) bond motifs is 1. The van der Waals surface area contributed by atoms with Gasteiger partial charge in [-0.05, 0) is 46.9 Å². The summed E-state index contributed by atoms with van der Waals surface area (Å²) >= 11 is 0. The maximum atomic E-state index is 12.9. The van der Waals surface area contributed by atoms with Crippen molar-refractivity contribution in [3.05, 3.63) is 83.0 Å². The third-order valence-electron chi connectivity index (χ3n) is 7.73. The molecule has 0 aliphatic carbocycles. The van der Waals surface area contributed by atoms with Crippen molar-refractivity contribution in [2.24, 2.45) is 0 Å². The maximum absolute atomic E-state index is 12.9. The van der Waals surface area contributed by atoms with E-state index in [0.29, 0.717) is 18.5 Å². The minimum atomic E-state index is -0.571. The fraction of sp³-hybridized carbons (Fsp3) is 0.345. The van der Waals surface area contributed by atoms with Gasteiger partial charge in [0.25, 0.3) is 5.91 Å². The fourth-order valence-electron chi connectivity index (χ4n) is 5.65. The van der Waals surface area contributed by atoms with Gasteiger partial charge in [0, 0.05) is 69.7 Å². The number of aromatic amines is 1. The Morgan fingerprint density at radius 3 is 2.22 bits per heavy atom. The summed E-state index contributed by atoms with van der Waals surface area (Å²) < 4.78 is 0. The molecule has 37 heavy (non-hydrogen) atoms. The highest BCUT2D eigenvalue weighted by Gasteiger charge is 2.39. The van der Waals surface area contributed by atoms with Crippen LogP contribution in [0, 0.1) is 0 Å². The molecule has 8 heteroatoms. The summed E-state index contributed by atoms with van der Waals surface area (Å²) in [6.45, 7) is 6.26. The van der Waals surface area contributed by atoms with Crippen molar-refractivity contribution in [3.8, 4) is 11.3 Å². The second-order valence-corrected chi connectivity index (χ2v) is 10.2. The van der Waals surface area contributed by atoms with Gasteiger partial charge < -0.3 is 9.88 Å². The molecule has 3 aliphatic rings. The van der Waals surface area contributed by atoms with Gasteiger partial charge in [0.1, 0.15) is 6.04 Å². The zero-order valence-electron chi connectivity index (χ0n) is 20.8. The van der Waals surface area contributed by atoms with Crippen molar-refractivity contribution in [2.45, 2.75) is 38.5 Å². The summed E-state index contributed by atoms with van der Waals surface area (Å²) in [5.74, 6) is -0.754. The smallest absolute Gasteiger partial charge is 0.255 e. The Bertz CT molecular complexity index is 1310. The summed E-state index contributed by atoms with van der Waals surface area (Å²) in [6.07, 6.45) is 2.60. The van der Waals surface area contributed by atoms with Crippen LogP contribution < -0.4 is 5.32 Å². The summed E-state index contributed by atoms with van der Waals surface area (Å²) in [4.78, 5) is 46.5. The first-order valence-corrected chi connectivity index (χ1v) is 13.0. The number of nitrogens with zero attached hydrogens (tertiary/aromatic N) is 3. The Morgan fingerprint density at radius 1 is 0.838 bits per heavy atom. The number of piperidine rings is 1. The SMILES string of the molecule is O=C1CCC(N2Cc3cc(CN4CCN(Cc5ccc(-c6ccc[nH]6)cc5)CC4)ccc3C2=O)C(=O)N1. The molecule has 0 spiro atoms. The molecule has 190 valence electrons. The predicted molar refractivity (Wildman–Crippen MR) is 139 cm³/mol. The lowest BCUT2D eigenvalue weighted by molar-refractivity contribution is -0.136. The number of amides is 3. The van der Waals surface area contributed by atoms with Crippen LogP contribution in [0.5, 0.6) is 0 Å². The molecule has 1 unspecified atom stereocenters. The van der Waals surface area contributed by atoms with Crippen LogP contribution in [0.2, 0.25) is 0 Å². The summed E-state index contributed by atoms with van der Waals surface area (Å²) in [5.41, 5.74) is 6.49. The number of piperazine rings is 1. The molecule has 2 saturated heterocycles. The normalized spacial score (nSPS) is 20.8. The number of carbonyl (C=O) groups excluding carboxylic acids is 3. The second-order valence-electron chi connectivity index (χ2n) is 10.2. The molecule has 4 heterocycles. The molecule has 2 fully saturated rings. The number of hydrogen-bond acceptors (Lipinski definition) is 5. The zero-order chi connectivity index (χ0) is 25.4. The largest absolute Gasteiger partial charge is 0.361 e. The van der Waals surface area contributed by atoms with Crippen LogP contribution in [0.3, 0.4) is 0 Å². The van der Waals surface area contributed by atoms with Crippen molar-refractivity contribution in [2.75, 3.05) is 26.2 Å². The van der Waals surface area contributed by atoms with Crippen LogP contribution in [0.4, 0.5) is 0 Å². The van der Waals surface area contributed by atoms with Crippen LogP contribution in [-0.2, 0) is 29.2 Å². The average Bonchev–Trinajstić information content (AvgIpc) is 3.54. The second kappa shape index (κ2) is 9.95. The summed E-state index contributed by atoms with van der Waals surface area (Å²) in [7, 11) is 0. The lowest BCUT2D eigenvalue weighted by atomic mass is 10.0. The number of aromatic nitrogens is 1. The fourth-order valence-corrected chi connectivity index (χ4v) is 5.65. The van der Waals surface area contributed by atoms with E-state index in [1.165, 1.54) is 16.7 Å². The number of H-pyrrole nitrogens is 1. The Kier molecular flexibility index (Phi) is 6.36. The van der Waals surface area contributed by atoms with E-state index in [-0.39, 0.29) is 24.1 Å². The number of nitrogens with one attached hydrogen (secondary N) is 2. The number of rotatable bonds is 6. The minimum Gasteiger partial charge on any atom is -0.361 e. The third kappa shape index (κ3) is 4.95. The van der Waals surface area contributed by atoms with Crippen molar-refractivity contribution < 1.29 is 14.4 Å². The van der Waals surface area contributed by atoms with E-state index in [0.717, 1.165) is 50.5 Å². The quantitative estimate of drug-likeness (QED) is 0.512. The monoisotopic (exact) mass is 497 g/mol. The maximum Gasteiger partial charge on any atom is 0.255 e. The minimum absolute atomic E-state index is 0.120. The molecule has 3 amide bonds. The Labute approximate surface area is 216 Å². The van der Waals surface area contributed by atoms with Crippen molar-refractivity contribution >= 4 is 17.7 Å². The molecule has 2 aromatic carbocycles. The van der Waals surface area contributed by atoms with E-state index in [2.05, 4.69) is 56.5 Å². The molecule has 0 saturated carbocycles. The van der Waals surface area contributed by atoms with E-state index in [9.17, 15) is 14.4 Å². The Balaban J connectivity index is 1.02. The highest BCUT2D eigenvalue weighted by atomic mass is 16.2. The van der Waals surface area contributed by atoms with E-state index in [4.69, 9.17) is 0 Å². The Morgan fingerprint density at radius 2 is 1.54 bits per heavy atom. The first-order chi connectivity index (χ1) is 18.0. The highest BCUT2D eigenvalue weighted by molar-refractivity contribution is 6.05. The van der Waals surface area contributed by atoms with Gasteiger partial charge in [0.15, 0.2) is 0 Å². The van der Waals surface area contributed by atoms with E-state index >= 15 is 0 Å². The molecular formula is C29H31N5O3. The summed E-state index contributed by atoms with van der Waals surface area (Å²) in [6, 6.07) is 18.3. The van der Waals surface area contributed by atoms with Crippen molar-refractivity contribution in [1.82, 2.24) is 25.0 Å². The number of hydrogen-bond donors (Lipinski definition) is 2. The number of imide groups is 1. The van der Waals surface area contributed by atoms with Crippen LogP contribution in [0.15, 0.2) is 60.8 Å². The molecule has 6 rings (SSSR count). The molecular weight excluding hydrogens is 466 g/mol.